The van der Waals surface area contributed by atoms with E-state index in [2.05, 4.69) is 20.9 Å². The molecule has 3 heterocycles. The van der Waals surface area contributed by atoms with Crippen molar-refractivity contribution >= 4 is 27.4 Å². The van der Waals surface area contributed by atoms with E-state index in [0.29, 0.717) is 0 Å². The monoisotopic (exact) mass is 405 g/mol. The van der Waals surface area contributed by atoms with E-state index >= 15 is 0 Å². The number of nitrogens with zero attached hydrogens (tertiary/aromatic N) is 1. The van der Waals surface area contributed by atoms with E-state index in [4.69, 9.17) is 0 Å². The van der Waals surface area contributed by atoms with Gasteiger partial charge in [-0.1, -0.05) is 6.08 Å². The number of halogens is 2. The fraction of sp³-hybridized carbons (Fsp3) is 0.280. The van der Waals surface area contributed by atoms with Crippen molar-refractivity contribution in [1.82, 2.24) is 14.9 Å². The van der Waals surface area contributed by atoms with E-state index in [-0.39, 0.29) is 11.6 Å². The Labute approximate surface area is 174 Å². The Kier molecular flexibility index (Phi) is 5.13. The topological polar surface area (TPSA) is 34.8 Å². The van der Waals surface area contributed by atoms with Crippen molar-refractivity contribution in [2.45, 2.75) is 25.7 Å². The fourth-order valence-electron chi connectivity index (χ4n) is 4.44. The zero-order chi connectivity index (χ0) is 20.5. The van der Waals surface area contributed by atoms with Gasteiger partial charge in [0, 0.05) is 46.8 Å². The van der Waals surface area contributed by atoms with E-state index < -0.39 is 0 Å². The molecular weight excluding hydrogens is 380 g/mol. The summed E-state index contributed by atoms with van der Waals surface area (Å²) in [7, 11) is 0. The molecule has 0 spiro atoms. The second-order valence-electron chi connectivity index (χ2n) is 8.16. The normalized spacial score (nSPS) is 15.2. The standard InChI is InChI=1S/C25H25F2N3/c26-20-4-6-23-19(13-20)14-25(29-23)17-8-11-30(12-9-17)10-2-1-3-18-16-28-24-7-5-21(27)15-22(18)24/h4-8,13-16,28-29H,1-3,9-12H2. The van der Waals surface area contributed by atoms with Crippen LogP contribution in [0.25, 0.3) is 27.4 Å². The highest BCUT2D eigenvalue weighted by molar-refractivity contribution is 5.85. The predicted molar refractivity (Wildman–Crippen MR) is 118 cm³/mol. The Morgan fingerprint density at radius 3 is 2.60 bits per heavy atom. The maximum Gasteiger partial charge on any atom is 0.123 e. The molecule has 5 rings (SSSR count). The Balaban J connectivity index is 1.14. The Morgan fingerprint density at radius 2 is 1.77 bits per heavy atom. The summed E-state index contributed by atoms with van der Waals surface area (Å²) in [6.07, 6.45) is 8.46. The Hall–Kier alpha value is -2.92. The average molecular weight is 405 g/mol. The number of H-pyrrole nitrogens is 2. The van der Waals surface area contributed by atoms with Gasteiger partial charge in [-0.3, -0.25) is 4.90 Å². The minimum atomic E-state index is -0.199. The lowest BCUT2D eigenvalue weighted by Crippen LogP contribution is -2.29. The van der Waals surface area contributed by atoms with E-state index in [1.807, 2.05) is 12.3 Å². The molecule has 0 saturated carbocycles. The summed E-state index contributed by atoms with van der Waals surface area (Å²) < 4.78 is 26.9. The highest BCUT2D eigenvalue weighted by atomic mass is 19.1. The average Bonchev–Trinajstić information content (AvgIpc) is 3.35. The lowest BCUT2D eigenvalue weighted by molar-refractivity contribution is 0.295. The molecule has 30 heavy (non-hydrogen) atoms. The summed E-state index contributed by atoms with van der Waals surface area (Å²) in [6, 6.07) is 11.8. The molecule has 2 aromatic heterocycles. The van der Waals surface area contributed by atoms with Crippen molar-refractivity contribution < 1.29 is 8.78 Å². The Morgan fingerprint density at radius 1 is 0.933 bits per heavy atom. The lowest BCUT2D eigenvalue weighted by atomic mass is 10.0. The van der Waals surface area contributed by atoms with Gasteiger partial charge in [0.05, 0.1) is 0 Å². The zero-order valence-corrected chi connectivity index (χ0v) is 16.8. The third-order valence-electron chi connectivity index (χ3n) is 6.12. The number of aryl methyl sites for hydroxylation is 1. The van der Waals surface area contributed by atoms with Gasteiger partial charge in [0.1, 0.15) is 11.6 Å². The fourth-order valence-corrected chi connectivity index (χ4v) is 4.44. The van der Waals surface area contributed by atoms with Crippen LogP contribution in [0.5, 0.6) is 0 Å². The molecule has 4 aromatic rings. The van der Waals surface area contributed by atoms with Gasteiger partial charge in [-0.15, -0.1) is 0 Å². The van der Waals surface area contributed by atoms with E-state index in [0.717, 1.165) is 72.8 Å². The smallest absolute Gasteiger partial charge is 0.123 e. The van der Waals surface area contributed by atoms with Gasteiger partial charge in [0.15, 0.2) is 0 Å². The van der Waals surface area contributed by atoms with Crippen LogP contribution in [0.3, 0.4) is 0 Å². The van der Waals surface area contributed by atoms with Crippen LogP contribution in [0.15, 0.2) is 54.7 Å². The maximum absolute atomic E-state index is 13.5. The quantitative estimate of drug-likeness (QED) is 0.377. The van der Waals surface area contributed by atoms with Crippen molar-refractivity contribution in [3.63, 3.8) is 0 Å². The molecule has 0 atom stereocenters. The number of hydrogen-bond donors (Lipinski definition) is 2. The molecule has 0 amide bonds. The molecule has 5 heteroatoms. The van der Waals surface area contributed by atoms with Crippen LogP contribution < -0.4 is 0 Å². The number of aromatic amines is 2. The van der Waals surface area contributed by atoms with Crippen molar-refractivity contribution in [2.24, 2.45) is 0 Å². The molecule has 0 saturated heterocycles. The first kappa shape index (κ1) is 19.1. The third kappa shape index (κ3) is 3.90. The number of hydrogen-bond acceptors (Lipinski definition) is 1. The predicted octanol–water partition coefficient (Wildman–Crippen LogP) is 6.04. The van der Waals surface area contributed by atoms with Crippen LogP contribution in [0.1, 0.15) is 30.5 Å². The van der Waals surface area contributed by atoms with Crippen molar-refractivity contribution in [3.8, 4) is 0 Å². The van der Waals surface area contributed by atoms with Gasteiger partial charge in [0.25, 0.3) is 0 Å². The van der Waals surface area contributed by atoms with Crippen molar-refractivity contribution in [3.05, 3.63) is 77.6 Å². The van der Waals surface area contributed by atoms with Crippen molar-refractivity contribution in [1.29, 1.82) is 0 Å². The number of nitrogens with one attached hydrogen (secondary N) is 2. The minimum Gasteiger partial charge on any atom is -0.361 e. The molecule has 0 bridgehead atoms. The van der Waals surface area contributed by atoms with Crippen LogP contribution in [-0.2, 0) is 6.42 Å². The van der Waals surface area contributed by atoms with Crippen LogP contribution in [0.2, 0.25) is 0 Å². The molecule has 0 fully saturated rings. The second-order valence-corrected chi connectivity index (χ2v) is 8.16. The number of aromatic nitrogens is 2. The summed E-state index contributed by atoms with van der Waals surface area (Å²) in [5.41, 5.74) is 5.58. The molecule has 0 unspecified atom stereocenters. The summed E-state index contributed by atoms with van der Waals surface area (Å²) in [5.74, 6) is -0.381. The van der Waals surface area contributed by atoms with Gasteiger partial charge in [-0.05, 0) is 85.8 Å². The lowest BCUT2D eigenvalue weighted by Gasteiger charge is -2.26. The van der Waals surface area contributed by atoms with Gasteiger partial charge in [-0.2, -0.15) is 0 Å². The number of unbranched alkanes of at least 4 members (excludes halogenated alkanes) is 1. The van der Waals surface area contributed by atoms with Crippen LogP contribution >= 0.6 is 0 Å². The summed E-state index contributed by atoms with van der Waals surface area (Å²) in [6.45, 7) is 3.05. The molecule has 1 aliphatic heterocycles. The van der Waals surface area contributed by atoms with Crippen LogP contribution in [0, 0.1) is 11.6 Å². The third-order valence-corrected chi connectivity index (χ3v) is 6.12. The first-order valence-corrected chi connectivity index (χ1v) is 10.6. The Bertz CT molecular complexity index is 1220. The number of benzene rings is 2. The van der Waals surface area contributed by atoms with Gasteiger partial charge in [0.2, 0.25) is 0 Å². The van der Waals surface area contributed by atoms with Gasteiger partial charge in [-0.25, -0.2) is 8.78 Å². The van der Waals surface area contributed by atoms with Gasteiger partial charge < -0.3 is 9.97 Å². The van der Waals surface area contributed by atoms with E-state index in [1.54, 1.807) is 24.3 Å². The van der Waals surface area contributed by atoms with Gasteiger partial charge >= 0.3 is 0 Å². The van der Waals surface area contributed by atoms with Crippen LogP contribution in [0.4, 0.5) is 8.78 Å². The highest BCUT2D eigenvalue weighted by Crippen LogP contribution is 2.26. The van der Waals surface area contributed by atoms with Crippen molar-refractivity contribution in [2.75, 3.05) is 19.6 Å². The summed E-state index contributed by atoms with van der Waals surface area (Å²) in [4.78, 5) is 9.11. The largest absolute Gasteiger partial charge is 0.361 e. The molecule has 0 aliphatic carbocycles. The molecule has 3 nitrogen and oxygen atoms in total. The minimum absolute atomic E-state index is 0.181. The summed E-state index contributed by atoms with van der Waals surface area (Å²) in [5, 5.41) is 1.92. The molecule has 2 aromatic carbocycles. The number of rotatable bonds is 6. The molecule has 0 radical (unpaired) electrons. The summed E-state index contributed by atoms with van der Waals surface area (Å²) >= 11 is 0. The molecule has 1 aliphatic rings. The maximum atomic E-state index is 13.5. The number of fused-ring (bicyclic) bond motifs is 2. The molecule has 2 N–H and O–H groups in total. The van der Waals surface area contributed by atoms with E-state index in [9.17, 15) is 8.78 Å². The molecule has 154 valence electrons. The first-order chi connectivity index (χ1) is 14.7. The zero-order valence-electron chi connectivity index (χ0n) is 16.8. The van der Waals surface area contributed by atoms with E-state index in [1.165, 1.54) is 23.3 Å². The second kappa shape index (κ2) is 8.07. The van der Waals surface area contributed by atoms with Crippen LogP contribution in [-0.4, -0.2) is 34.5 Å². The first-order valence-electron chi connectivity index (χ1n) is 10.6. The highest BCUT2D eigenvalue weighted by Gasteiger charge is 2.14. The molecular formula is C25H25F2N3. The SMILES string of the molecule is Fc1ccc2[nH]c(C3=CCN(CCCCc4c[nH]c5ccc(F)cc45)CC3)cc2c1.